The van der Waals surface area contributed by atoms with Crippen LogP contribution >= 0.6 is 12.6 Å². The van der Waals surface area contributed by atoms with Crippen LogP contribution in [-0.4, -0.2) is 5.24 Å². The molecule has 2 nitrogen and oxygen atoms in total. The molecule has 24 heavy (non-hydrogen) atoms. The molecule has 0 N–H and O–H groups in total. The molecular weight excluding hydrogens is 314 g/mol. The zero-order chi connectivity index (χ0) is 16.5. The van der Waals surface area contributed by atoms with E-state index < -0.39 is 0 Å². The van der Waals surface area contributed by atoms with Gasteiger partial charge in [-0.15, -0.1) is 0 Å². The van der Waals surface area contributed by atoms with Gasteiger partial charge in [-0.3, -0.25) is 9.69 Å². The molecule has 0 aromatic heterocycles. The Labute approximate surface area is 145 Å². The number of rotatable bonds is 2. The molecule has 4 rings (SSSR count). The van der Waals surface area contributed by atoms with Crippen LogP contribution in [0.3, 0.4) is 0 Å². The second kappa shape index (κ2) is 6.02. The molecule has 3 heteroatoms. The zero-order valence-electron chi connectivity index (χ0n) is 12.9. The first-order valence-electron chi connectivity index (χ1n) is 7.74. The Morgan fingerprint density at radius 2 is 1.04 bits per heavy atom. The lowest BCUT2D eigenvalue weighted by molar-refractivity contribution is 0.267. The van der Waals surface area contributed by atoms with Gasteiger partial charge in [0, 0.05) is 10.8 Å². The van der Waals surface area contributed by atoms with Gasteiger partial charge in [-0.05, 0) is 22.9 Å². The lowest BCUT2D eigenvalue weighted by atomic mass is 10.1. The summed E-state index contributed by atoms with van der Waals surface area (Å²) in [4.78, 5) is 14.1. The second-order valence-corrected chi connectivity index (χ2v) is 6.00. The van der Waals surface area contributed by atoms with E-state index in [1.807, 2.05) is 84.9 Å². The Balaban J connectivity index is 2.02. The lowest BCUT2D eigenvalue weighted by Gasteiger charge is -2.24. The van der Waals surface area contributed by atoms with Gasteiger partial charge < -0.3 is 0 Å². The quantitative estimate of drug-likeness (QED) is 0.435. The molecule has 0 fully saturated rings. The fourth-order valence-electron chi connectivity index (χ4n) is 3.14. The Kier molecular flexibility index (Phi) is 3.71. The molecule has 4 aromatic carbocycles. The van der Waals surface area contributed by atoms with E-state index in [-0.39, 0.29) is 5.24 Å². The molecule has 0 aliphatic rings. The third kappa shape index (κ3) is 2.43. The molecule has 0 saturated heterocycles. The van der Waals surface area contributed by atoms with Crippen LogP contribution in [0.1, 0.15) is 0 Å². The van der Waals surface area contributed by atoms with Crippen molar-refractivity contribution in [3.05, 3.63) is 84.9 Å². The lowest BCUT2D eigenvalue weighted by Crippen LogP contribution is -2.20. The second-order valence-electron chi connectivity index (χ2n) is 5.61. The SMILES string of the molecule is O=C(S)N(c1cccc2ccccc12)c1cccc2ccccc12. The number of fused-ring (bicyclic) bond motifs is 2. The average molecular weight is 329 g/mol. The van der Waals surface area contributed by atoms with Crippen molar-refractivity contribution >= 4 is 50.8 Å². The molecule has 0 radical (unpaired) electrons. The third-order valence-corrected chi connectivity index (χ3v) is 4.41. The standard InChI is InChI=1S/C21H15NOS/c23-21(24)22(19-13-5-9-15-7-1-3-11-17(15)19)20-14-6-10-16-8-2-4-12-18(16)20/h1-14H,(H,23,24). The van der Waals surface area contributed by atoms with E-state index in [0.29, 0.717) is 0 Å². The van der Waals surface area contributed by atoms with E-state index in [4.69, 9.17) is 0 Å². The fraction of sp³-hybridized carbons (Fsp3) is 0. The van der Waals surface area contributed by atoms with E-state index in [0.717, 1.165) is 32.9 Å². The molecule has 4 aromatic rings. The van der Waals surface area contributed by atoms with Gasteiger partial charge >= 0.3 is 0 Å². The molecule has 0 atom stereocenters. The van der Waals surface area contributed by atoms with Crippen molar-refractivity contribution in [3.63, 3.8) is 0 Å². The minimum Gasteiger partial charge on any atom is -0.271 e. The van der Waals surface area contributed by atoms with Crippen molar-refractivity contribution in [2.45, 2.75) is 0 Å². The van der Waals surface area contributed by atoms with Crippen molar-refractivity contribution in [1.29, 1.82) is 0 Å². The number of nitrogens with zero attached hydrogens (tertiary/aromatic N) is 1. The van der Waals surface area contributed by atoms with Crippen LogP contribution < -0.4 is 4.90 Å². The summed E-state index contributed by atoms with van der Waals surface area (Å²) < 4.78 is 0. The van der Waals surface area contributed by atoms with Gasteiger partial charge in [0.1, 0.15) is 0 Å². The summed E-state index contributed by atoms with van der Waals surface area (Å²) in [6, 6.07) is 28.0. The predicted octanol–water partition coefficient (Wildman–Crippen LogP) is 6.18. The molecule has 0 aliphatic heterocycles. The predicted molar refractivity (Wildman–Crippen MR) is 104 cm³/mol. The summed E-state index contributed by atoms with van der Waals surface area (Å²) in [6.07, 6.45) is 0. The zero-order valence-corrected chi connectivity index (χ0v) is 13.8. The number of anilines is 2. The molecule has 116 valence electrons. The van der Waals surface area contributed by atoms with Gasteiger partial charge in [0.25, 0.3) is 5.24 Å². The monoisotopic (exact) mass is 329 g/mol. The van der Waals surface area contributed by atoms with E-state index in [2.05, 4.69) is 12.6 Å². The van der Waals surface area contributed by atoms with Crippen molar-refractivity contribution in [1.82, 2.24) is 0 Å². The van der Waals surface area contributed by atoms with E-state index in [1.54, 1.807) is 4.90 Å². The Hall–Kier alpha value is -2.78. The average Bonchev–Trinajstić information content (AvgIpc) is 2.62. The fourth-order valence-corrected chi connectivity index (χ4v) is 3.36. The van der Waals surface area contributed by atoms with E-state index in [9.17, 15) is 4.79 Å². The summed E-state index contributed by atoms with van der Waals surface area (Å²) in [5, 5.41) is 3.93. The number of hydrogen-bond acceptors (Lipinski definition) is 1. The van der Waals surface area contributed by atoms with Crippen molar-refractivity contribution in [2.75, 3.05) is 4.90 Å². The molecule has 1 amide bonds. The Bertz CT molecular complexity index is 968. The van der Waals surface area contributed by atoms with Crippen molar-refractivity contribution in [2.24, 2.45) is 0 Å². The van der Waals surface area contributed by atoms with Crippen molar-refractivity contribution < 1.29 is 4.79 Å². The van der Waals surface area contributed by atoms with Crippen LogP contribution in [0.2, 0.25) is 0 Å². The van der Waals surface area contributed by atoms with Crippen LogP contribution in [0.15, 0.2) is 84.9 Å². The number of carbonyl (C=O) groups excluding carboxylic acids is 1. The largest absolute Gasteiger partial charge is 0.287 e. The highest BCUT2D eigenvalue weighted by molar-refractivity contribution is 7.97. The van der Waals surface area contributed by atoms with Crippen LogP contribution in [0, 0.1) is 0 Å². The van der Waals surface area contributed by atoms with Crippen LogP contribution in [-0.2, 0) is 0 Å². The van der Waals surface area contributed by atoms with Crippen LogP contribution in [0.5, 0.6) is 0 Å². The molecule has 0 spiro atoms. The van der Waals surface area contributed by atoms with Gasteiger partial charge in [0.2, 0.25) is 0 Å². The highest BCUT2D eigenvalue weighted by atomic mass is 32.1. The minimum atomic E-state index is -0.303. The van der Waals surface area contributed by atoms with Gasteiger partial charge in [-0.2, -0.15) is 0 Å². The third-order valence-electron chi connectivity index (χ3n) is 4.21. The number of thiol groups is 1. The summed E-state index contributed by atoms with van der Waals surface area (Å²) in [7, 11) is 0. The molecule has 0 saturated carbocycles. The number of amides is 1. The topological polar surface area (TPSA) is 20.3 Å². The Morgan fingerprint density at radius 1 is 0.625 bits per heavy atom. The maximum absolute atomic E-state index is 12.4. The smallest absolute Gasteiger partial charge is 0.271 e. The first kappa shape index (κ1) is 14.8. The van der Waals surface area contributed by atoms with Gasteiger partial charge in [-0.1, -0.05) is 85.4 Å². The Morgan fingerprint density at radius 3 is 1.50 bits per heavy atom. The molecule has 0 heterocycles. The number of carbonyl (C=O) groups is 1. The summed E-state index contributed by atoms with van der Waals surface area (Å²) in [6.45, 7) is 0. The number of benzene rings is 4. The summed E-state index contributed by atoms with van der Waals surface area (Å²) >= 11 is 4.15. The molecule has 0 unspecified atom stereocenters. The van der Waals surface area contributed by atoms with Gasteiger partial charge in [0.15, 0.2) is 0 Å². The van der Waals surface area contributed by atoms with Gasteiger partial charge in [-0.25, -0.2) is 0 Å². The number of hydrogen-bond donors (Lipinski definition) is 1. The maximum atomic E-state index is 12.4. The van der Waals surface area contributed by atoms with E-state index >= 15 is 0 Å². The molecule has 0 aliphatic carbocycles. The summed E-state index contributed by atoms with van der Waals surface area (Å²) in [5.41, 5.74) is 1.67. The van der Waals surface area contributed by atoms with Crippen molar-refractivity contribution in [3.8, 4) is 0 Å². The maximum Gasteiger partial charge on any atom is 0.287 e. The van der Waals surface area contributed by atoms with E-state index in [1.165, 1.54) is 0 Å². The molecule has 0 bridgehead atoms. The summed E-state index contributed by atoms with van der Waals surface area (Å²) in [5.74, 6) is 0. The minimum absolute atomic E-state index is 0.303. The first-order chi connectivity index (χ1) is 11.8. The highest BCUT2D eigenvalue weighted by Gasteiger charge is 2.19. The molecular formula is C21H15NOS. The normalized spacial score (nSPS) is 10.9. The van der Waals surface area contributed by atoms with Crippen LogP contribution in [0.25, 0.3) is 21.5 Å². The van der Waals surface area contributed by atoms with Gasteiger partial charge in [0.05, 0.1) is 11.4 Å². The van der Waals surface area contributed by atoms with Crippen LogP contribution in [0.4, 0.5) is 16.2 Å². The first-order valence-corrected chi connectivity index (χ1v) is 8.19. The highest BCUT2D eigenvalue weighted by Crippen LogP contribution is 2.37.